The van der Waals surface area contributed by atoms with Crippen LogP contribution in [0.25, 0.3) is 0 Å². The lowest BCUT2D eigenvalue weighted by Crippen LogP contribution is -2.51. The summed E-state index contributed by atoms with van der Waals surface area (Å²) in [5.41, 5.74) is 6.18. The van der Waals surface area contributed by atoms with Crippen molar-refractivity contribution in [2.45, 2.75) is 69.9 Å². The molecule has 3 fully saturated rings. The van der Waals surface area contributed by atoms with Crippen molar-refractivity contribution < 1.29 is 4.79 Å². The highest BCUT2D eigenvalue weighted by Gasteiger charge is 2.34. The van der Waals surface area contributed by atoms with E-state index in [2.05, 4.69) is 9.80 Å². The third kappa shape index (κ3) is 3.59. The third-order valence-corrected chi connectivity index (χ3v) is 5.82. The van der Waals surface area contributed by atoms with Gasteiger partial charge in [0.2, 0.25) is 5.91 Å². The molecule has 2 N–H and O–H groups in total. The van der Waals surface area contributed by atoms with Crippen LogP contribution in [0.3, 0.4) is 0 Å². The van der Waals surface area contributed by atoms with E-state index in [0.29, 0.717) is 5.91 Å². The number of likely N-dealkylation sites (tertiary alicyclic amines) is 2. The average Bonchev–Trinajstić information content (AvgIpc) is 2.56. The Morgan fingerprint density at radius 3 is 2.14 bits per heavy atom. The second-order valence-electron chi connectivity index (χ2n) is 7.21. The summed E-state index contributed by atoms with van der Waals surface area (Å²) in [5.74, 6) is 0.449. The fourth-order valence-corrected chi connectivity index (χ4v) is 4.44. The smallest absolute Gasteiger partial charge is 0.227 e. The summed E-state index contributed by atoms with van der Waals surface area (Å²) >= 11 is 0. The molecule has 2 unspecified atom stereocenters. The molecule has 3 aliphatic rings. The topological polar surface area (TPSA) is 49.6 Å². The van der Waals surface area contributed by atoms with Crippen LogP contribution in [-0.2, 0) is 4.79 Å². The minimum atomic E-state index is 0.102. The maximum absolute atomic E-state index is 12.7. The number of amides is 1. The molecule has 0 radical (unpaired) electrons. The summed E-state index contributed by atoms with van der Waals surface area (Å²) in [7, 11) is 0. The van der Waals surface area contributed by atoms with E-state index >= 15 is 0 Å². The van der Waals surface area contributed by atoms with Crippen LogP contribution in [0, 0.1) is 5.92 Å². The Morgan fingerprint density at radius 1 is 0.810 bits per heavy atom. The molecule has 2 atom stereocenters. The maximum atomic E-state index is 12.7. The highest BCUT2D eigenvalue weighted by atomic mass is 16.2. The predicted molar refractivity (Wildman–Crippen MR) is 85.0 cm³/mol. The lowest BCUT2D eigenvalue weighted by atomic mass is 9.83. The molecule has 4 heteroatoms. The maximum Gasteiger partial charge on any atom is 0.227 e. The molecule has 0 bridgehead atoms. The third-order valence-electron chi connectivity index (χ3n) is 5.82. The van der Waals surface area contributed by atoms with Crippen LogP contribution >= 0.6 is 0 Å². The number of rotatable bonds is 2. The van der Waals surface area contributed by atoms with Crippen molar-refractivity contribution in [2.75, 3.05) is 26.2 Å². The minimum absolute atomic E-state index is 0.102. The van der Waals surface area contributed by atoms with E-state index in [9.17, 15) is 4.79 Å². The van der Waals surface area contributed by atoms with Crippen molar-refractivity contribution >= 4 is 5.91 Å². The van der Waals surface area contributed by atoms with E-state index in [1.54, 1.807) is 0 Å². The standard InChI is InChI=1S/C17H31N3O/c18-16-7-3-2-6-15(16)17(21)20-12-8-14(9-13-20)19-10-4-1-5-11-19/h14-16H,1-13,18H2. The first kappa shape index (κ1) is 15.3. The SMILES string of the molecule is NC1CCCCC1C(=O)N1CCC(N2CCCCC2)CC1. The van der Waals surface area contributed by atoms with Crippen molar-refractivity contribution in [3.05, 3.63) is 0 Å². The largest absolute Gasteiger partial charge is 0.342 e. The predicted octanol–water partition coefficient (Wildman–Crippen LogP) is 1.98. The van der Waals surface area contributed by atoms with Gasteiger partial charge in [0.1, 0.15) is 0 Å². The molecule has 2 heterocycles. The molecular weight excluding hydrogens is 262 g/mol. The summed E-state index contributed by atoms with van der Waals surface area (Å²) in [4.78, 5) is 17.5. The van der Waals surface area contributed by atoms with E-state index in [1.165, 1.54) is 45.2 Å². The van der Waals surface area contributed by atoms with Gasteiger partial charge in [0.05, 0.1) is 5.92 Å². The van der Waals surface area contributed by atoms with Gasteiger partial charge in [0, 0.05) is 25.2 Å². The zero-order valence-electron chi connectivity index (χ0n) is 13.3. The van der Waals surface area contributed by atoms with Gasteiger partial charge in [-0.05, 0) is 51.6 Å². The summed E-state index contributed by atoms with van der Waals surface area (Å²) in [6.07, 6.45) is 10.8. The van der Waals surface area contributed by atoms with Crippen molar-refractivity contribution in [1.29, 1.82) is 0 Å². The van der Waals surface area contributed by atoms with Crippen molar-refractivity contribution in [3.63, 3.8) is 0 Å². The molecule has 2 saturated heterocycles. The van der Waals surface area contributed by atoms with Gasteiger partial charge in [0.25, 0.3) is 0 Å². The minimum Gasteiger partial charge on any atom is -0.342 e. The van der Waals surface area contributed by atoms with Crippen LogP contribution in [-0.4, -0.2) is 54.0 Å². The highest BCUT2D eigenvalue weighted by molar-refractivity contribution is 5.79. The summed E-state index contributed by atoms with van der Waals surface area (Å²) in [6, 6.07) is 0.820. The monoisotopic (exact) mass is 293 g/mol. The van der Waals surface area contributed by atoms with E-state index in [4.69, 9.17) is 5.73 Å². The van der Waals surface area contributed by atoms with Crippen LogP contribution in [0.2, 0.25) is 0 Å². The number of nitrogens with zero attached hydrogens (tertiary/aromatic N) is 2. The molecule has 120 valence electrons. The molecule has 2 aliphatic heterocycles. The number of hydrogen-bond acceptors (Lipinski definition) is 3. The van der Waals surface area contributed by atoms with Gasteiger partial charge in [-0.1, -0.05) is 19.3 Å². The fraction of sp³-hybridized carbons (Fsp3) is 0.941. The summed E-state index contributed by atoms with van der Waals surface area (Å²) in [5, 5.41) is 0. The number of piperidine rings is 2. The van der Waals surface area contributed by atoms with Crippen LogP contribution in [0.5, 0.6) is 0 Å². The molecular formula is C17H31N3O. The number of nitrogens with two attached hydrogens (primary N) is 1. The quantitative estimate of drug-likeness (QED) is 0.847. The van der Waals surface area contributed by atoms with Crippen molar-refractivity contribution in [1.82, 2.24) is 9.80 Å². The molecule has 0 aromatic carbocycles. The van der Waals surface area contributed by atoms with Gasteiger partial charge in [-0.2, -0.15) is 0 Å². The zero-order chi connectivity index (χ0) is 14.7. The molecule has 1 aliphatic carbocycles. The number of hydrogen-bond donors (Lipinski definition) is 1. The van der Waals surface area contributed by atoms with E-state index in [-0.39, 0.29) is 12.0 Å². The van der Waals surface area contributed by atoms with E-state index in [0.717, 1.165) is 44.8 Å². The molecule has 1 saturated carbocycles. The highest BCUT2D eigenvalue weighted by Crippen LogP contribution is 2.27. The molecule has 21 heavy (non-hydrogen) atoms. The Kier molecular flexibility index (Phi) is 5.17. The first-order valence-corrected chi connectivity index (χ1v) is 9.04. The van der Waals surface area contributed by atoms with Crippen LogP contribution in [0.4, 0.5) is 0 Å². The Bertz CT molecular complexity index is 346. The molecule has 0 spiro atoms. The fourth-order valence-electron chi connectivity index (χ4n) is 4.44. The van der Waals surface area contributed by atoms with Gasteiger partial charge in [-0.3, -0.25) is 4.79 Å². The van der Waals surface area contributed by atoms with Gasteiger partial charge in [0.15, 0.2) is 0 Å². The Balaban J connectivity index is 1.49. The molecule has 4 nitrogen and oxygen atoms in total. The van der Waals surface area contributed by atoms with Gasteiger partial charge >= 0.3 is 0 Å². The second-order valence-corrected chi connectivity index (χ2v) is 7.21. The Hall–Kier alpha value is -0.610. The van der Waals surface area contributed by atoms with E-state index in [1.807, 2.05) is 0 Å². The average molecular weight is 293 g/mol. The first-order valence-electron chi connectivity index (χ1n) is 9.04. The van der Waals surface area contributed by atoms with Gasteiger partial charge in [-0.25, -0.2) is 0 Å². The van der Waals surface area contributed by atoms with Crippen LogP contribution in [0.15, 0.2) is 0 Å². The second kappa shape index (κ2) is 7.10. The normalized spacial score (nSPS) is 33.1. The van der Waals surface area contributed by atoms with E-state index < -0.39 is 0 Å². The summed E-state index contributed by atoms with van der Waals surface area (Å²) < 4.78 is 0. The molecule has 0 aromatic heterocycles. The van der Waals surface area contributed by atoms with Crippen molar-refractivity contribution in [3.8, 4) is 0 Å². The van der Waals surface area contributed by atoms with Crippen molar-refractivity contribution in [2.24, 2.45) is 11.7 Å². The lowest BCUT2D eigenvalue weighted by Gasteiger charge is -2.41. The lowest BCUT2D eigenvalue weighted by molar-refractivity contribution is -0.138. The first-order chi connectivity index (χ1) is 10.3. The van der Waals surface area contributed by atoms with Crippen LogP contribution in [0.1, 0.15) is 57.8 Å². The zero-order valence-corrected chi connectivity index (χ0v) is 13.3. The Labute approximate surface area is 129 Å². The Morgan fingerprint density at radius 2 is 1.48 bits per heavy atom. The van der Waals surface area contributed by atoms with Crippen LogP contribution < -0.4 is 5.73 Å². The number of carbonyl (C=O) groups is 1. The van der Waals surface area contributed by atoms with Gasteiger partial charge < -0.3 is 15.5 Å². The summed E-state index contributed by atoms with van der Waals surface area (Å²) in [6.45, 7) is 4.44. The number of carbonyl (C=O) groups excluding carboxylic acids is 1. The molecule has 3 rings (SSSR count). The molecule has 1 amide bonds. The van der Waals surface area contributed by atoms with Gasteiger partial charge in [-0.15, -0.1) is 0 Å². The molecule has 0 aromatic rings.